The summed E-state index contributed by atoms with van der Waals surface area (Å²) in [4.78, 5) is 26.5. The molecule has 20 heavy (non-hydrogen) atoms. The molecular formula is C15H26N2O3. The molecule has 2 amide bonds. The van der Waals surface area contributed by atoms with E-state index in [0.717, 1.165) is 26.1 Å². The molecule has 5 heteroatoms. The van der Waals surface area contributed by atoms with E-state index in [0.29, 0.717) is 19.4 Å². The zero-order chi connectivity index (χ0) is 14.8. The Morgan fingerprint density at radius 1 is 1.20 bits per heavy atom. The van der Waals surface area contributed by atoms with Gasteiger partial charge in [-0.3, -0.25) is 9.59 Å². The van der Waals surface area contributed by atoms with E-state index in [2.05, 4.69) is 12.2 Å². The highest BCUT2D eigenvalue weighted by atomic mass is 16.5. The minimum absolute atomic E-state index is 0.0380. The number of hydrogen-bond acceptors (Lipinski definition) is 3. The molecule has 2 rings (SSSR count). The lowest BCUT2D eigenvalue weighted by Crippen LogP contribution is -2.67. The minimum Gasteiger partial charge on any atom is -0.381 e. The summed E-state index contributed by atoms with van der Waals surface area (Å²) in [5.41, 5.74) is -0.629. The van der Waals surface area contributed by atoms with Crippen molar-refractivity contribution in [2.45, 2.75) is 52.0 Å². The van der Waals surface area contributed by atoms with E-state index in [1.165, 1.54) is 0 Å². The number of carbonyl (C=O) groups is 2. The van der Waals surface area contributed by atoms with E-state index in [9.17, 15) is 9.59 Å². The number of carbonyl (C=O) groups excluding carboxylic acids is 2. The second-order valence-electron chi connectivity index (χ2n) is 6.42. The maximum atomic E-state index is 12.8. The predicted octanol–water partition coefficient (Wildman–Crippen LogP) is 1.32. The van der Waals surface area contributed by atoms with E-state index in [4.69, 9.17) is 4.74 Å². The van der Waals surface area contributed by atoms with Gasteiger partial charge in [0.2, 0.25) is 11.8 Å². The zero-order valence-electron chi connectivity index (χ0n) is 12.8. The fraction of sp³-hybridized carbons (Fsp3) is 0.867. The highest BCUT2D eigenvalue weighted by Crippen LogP contribution is 2.32. The molecule has 0 aromatic rings. The predicted molar refractivity (Wildman–Crippen MR) is 76.2 cm³/mol. The molecular weight excluding hydrogens is 256 g/mol. The third-order valence-electron chi connectivity index (χ3n) is 4.89. The van der Waals surface area contributed by atoms with Gasteiger partial charge in [0.25, 0.3) is 0 Å². The van der Waals surface area contributed by atoms with Crippen LogP contribution in [0.4, 0.5) is 0 Å². The summed E-state index contributed by atoms with van der Waals surface area (Å²) < 4.78 is 5.40. The van der Waals surface area contributed by atoms with Crippen LogP contribution in [0.25, 0.3) is 0 Å². The van der Waals surface area contributed by atoms with Crippen LogP contribution in [0.5, 0.6) is 0 Å². The molecule has 0 bridgehead atoms. The average Bonchev–Trinajstić information content (AvgIpc) is 2.43. The van der Waals surface area contributed by atoms with Gasteiger partial charge in [-0.05, 0) is 31.1 Å². The van der Waals surface area contributed by atoms with E-state index in [-0.39, 0.29) is 23.8 Å². The molecule has 0 saturated carbocycles. The van der Waals surface area contributed by atoms with Gasteiger partial charge in [-0.1, -0.05) is 20.8 Å². The molecule has 2 saturated heterocycles. The summed E-state index contributed by atoms with van der Waals surface area (Å²) in [5, 5.41) is 2.90. The average molecular weight is 282 g/mol. The number of ether oxygens (including phenoxy) is 1. The first-order valence-electron chi connectivity index (χ1n) is 7.63. The second kappa shape index (κ2) is 5.72. The second-order valence-corrected chi connectivity index (χ2v) is 6.42. The molecule has 2 aliphatic rings. The maximum Gasteiger partial charge on any atom is 0.248 e. The Balaban J connectivity index is 2.14. The van der Waals surface area contributed by atoms with Crippen molar-refractivity contribution < 1.29 is 14.3 Å². The molecule has 1 N–H and O–H groups in total. The summed E-state index contributed by atoms with van der Waals surface area (Å²) in [7, 11) is 0. The van der Waals surface area contributed by atoms with Crippen LogP contribution in [0.15, 0.2) is 0 Å². The monoisotopic (exact) mass is 282 g/mol. The van der Waals surface area contributed by atoms with Gasteiger partial charge in [0, 0.05) is 19.8 Å². The molecule has 0 aromatic carbocycles. The molecule has 114 valence electrons. The van der Waals surface area contributed by atoms with Crippen molar-refractivity contribution in [1.29, 1.82) is 0 Å². The first-order valence-corrected chi connectivity index (χ1v) is 7.63. The number of amides is 2. The standard InChI is InChI=1S/C15H26N2O3/c1-4-15(5-2)13(19)17(10-12(18)16-15)11-14(3)6-8-20-9-7-14/h4-11H2,1-3H3,(H,16,18). The molecule has 0 radical (unpaired) electrons. The molecule has 0 spiro atoms. The van der Waals surface area contributed by atoms with Crippen LogP contribution in [-0.2, 0) is 14.3 Å². The van der Waals surface area contributed by atoms with Gasteiger partial charge >= 0.3 is 0 Å². The van der Waals surface area contributed by atoms with Crippen molar-refractivity contribution >= 4 is 11.8 Å². The van der Waals surface area contributed by atoms with Crippen LogP contribution in [0, 0.1) is 5.41 Å². The largest absolute Gasteiger partial charge is 0.381 e. The van der Waals surface area contributed by atoms with Crippen molar-refractivity contribution in [1.82, 2.24) is 10.2 Å². The van der Waals surface area contributed by atoms with Crippen molar-refractivity contribution in [3.8, 4) is 0 Å². The van der Waals surface area contributed by atoms with Gasteiger partial charge in [0.05, 0.1) is 6.54 Å². The smallest absolute Gasteiger partial charge is 0.248 e. The normalized spacial score (nSPS) is 25.4. The molecule has 2 fully saturated rings. The first-order chi connectivity index (χ1) is 9.45. The van der Waals surface area contributed by atoms with Gasteiger partial charge in [0.15, 0.2) is 0 Å². The summed E-state index contributed by atoms with van der Waals surface area (Å²) in [6.07, 6.45) is 3.18. The van der Waals surface area contributed by atoms with Crippen molar-refractivity contribution in [3.63, 3.8) is 0 Å². The van der Waals surface area contributed by atoms with Crippen molar-refractivity contribution in [2.24, 2.45) is 5.41 Å². The zero-order valence-corrected chi connectivity index (χ0v) is 12.8. The van der Waals surface area contributed by atoms with Gasteiger partial charge in [-0.15, -0.1) is 0 Å². The Morgan fingerprint density at radius 3 is 2.35 bits per heavy atom. The van der Waals surface area contributed by atoms with E-state index < -0.39 is 5.54 Å². The number of nitrogens with one attached hydrogen (secondary N) is 1. The highest BCUT2D eigenvalue weighted by Gasteiger charge is 2.45. The summed E-state index contributed by atoms with van der Waals surface area (Å²) in [6.45, 7) is 8.45. The fourth-order valence-corrected chi connectivity index (χ4v) is 3.25. The molecule has 0 unspecified atom stereocenters. The van der Waals surface area contributed by atoms with Crippen LogP contribution >= 0.6 is 0 Å². The van der Waals surface area contributed by atoms with Crippen LogP contribution in [0.2, 0.25) is 0 Å². The van der Waals surface area contributed by atoms with Gasteiger partial charge < -0.3 is 15.0 Å². The van der Waals surface area contributed by atoms with Gasteiger partial charge in [-0.25, -0.2) is 0 Å². The topological polar surface area (TPSA) is 58.6 Å². The van der Waals surface area contributed by atoms with Crippen LogP contribution in [0.1, 0.15) is 46.5 Å². The van der Waals surface area contributed by atoms with Gasteiger partial charge in [-0.2, -0.15) is 0 Å². The van der Waals surface area contributed by atoms with E-state index in [1.54, 1.807) is 4.90 Å². The Hall–Kier alpha value is -1.10. The maximum absolute atomic E-state index is 12.8. The molecule has 0 aromatic heterocycles. The quantitative estimate of drug-likeness (QED) is 0.846. The number of nitrogens with zero attached hydrogens (tertiary/aromatic N) is 1. The molecule has 5 nitrogen and oxygen atoms in total. The highest BCUT2D eigenvalue weighted by molar-refractivity contribution is 5.97. The summed E-state index contributed by atoms with van der Waals surface area (Å²) >= 11 is 0. The Bertz CT molecular complexity index is 385. The van der Waals surface area contributed by atoms with Crippen molar-refractivity contribution in [3.05, 3.63) is 0 Å². The van der Waals surface area contributed by atoms with Crippen molar-refractivity contribution in [2.75, 3.05) is 26.3 Å². The molecule has 2 aliphatic heterocycles. The lowest BCUT2D eigenvalue weighted by atomic mass is 9.80. The van der Waals surface area contributed by atoms with Crippen LogP contribution < -0.4 is 5.32 Å². The third-order valence-corrected chi connectivity index (χ3v) is 4.89. The van der Waals surface area contributed by atoms with E-state index in [1.807, 2.05) is 13.8 Å². The van der Waals surface area contributed by atoms with E-state index >= 15 is 0 Å². The molecule has 0 aliphatic carbocycles. The third kappa shape index (κ3) is 2.82. The Morgan fingerprint density at radius 2 is 1.80 bits per heavy atom. The lowest BCUT2D eigenvalue weighted by molar-refractivity contribution is -0.152. The Labute approximate surface area is 121 Å². The summed E-state index contributed by atoms with van der Waals surface area (Å²) in [5.74, 6) is 0.0405. The van der Waals surface area contributed by atoms with Crippen LogP contribution in [-0.4, -0.2) is 48.6 Å². The number of rotatable bonds is 4. The van der Waals surface area contributed by atoms with Crippen LogP contribution in [0.3, 0.4) is 0 Å². The number of hydrogen-bond donors (Lipinski definition) is 1. The molecule has 2 heterocycles. The fourth-order valence-electron chi connectivity index (χ4n) is 3.25. The number of piperazine rings is 1. The first kappa shape index (κ1) is 15.3. The summed E-state index contributed by atoms with van der Waals surface area (Å²) in [6, 6.07) is 0. The molecule has 0 atom stereocenters. The Kier molecular flexibility index (Phi) is 4.37. The van der Waals surface area contributed by atoms with Gasteiger partial charge in [0.1, 0.15) is 5.54 Å². The SMILES string of the molecule is CCC1(CC)NC(=O)CN(CC2(C)CCOCC2)C1=O. The lowest BCUT2D eigenvalue weighted by Gasteiger charge is -2.45. The minimum atomic E-state index is -0.698.